The molecule has 0 unspecified atom stereocenters. The van der Waals surface area contributed by atoms with Gasteiger partial charge in [0.2, 0.25) is 0 Å². The summed E-state index contributed by atoms with van der Waals surface area (Å²) in [4.78, 5) is 11.3. The van der Waals surface area contributed by atoms with Gasteiger partial charge in [-0.15, -0.1) is 0 Å². The van der Waals surface area contributed by atoms with Gasteiger partial charge in [-0.25, -0.2) is 9.97 Å². The van der Waals surface area contributed by atoms with E-state index in [0.717, 1.165) is 75.6 Å². The largest absolute Gasteiger partial charge is 0.381 e. The summed E-state index contributed by atoms with van der Waals surface area (Å²) in [7, 11) is 0. The maximum absolute atomic E-state index is 6.30. The van der Waals surface area contributed by atoms with Crippen LogP contribution in [0.25, 0.3) is 0 Å². The van der Waals surface area contributed by atoms with Crippen LogP contribution in [0.4, 0.5) is 5.82 Å². The molecular formula is C17H26ClN3O2. The lowest BCUT2D eigenvalue weighted by molar-refractivity contribution is -0.0744. The normalized spacial score (nSPS) is 20.9. The first-order chi connectivity index (χ1) is 11.2. The highest BCUT2D eigenvalue weighted by Gasteiger charge is 2.26. The van der Waals surface area contributed by atoms with Crippen LogP contribution in [0.1, 0.15) is 44.0 Å². The van der Waals surface area contributed by atoms with Crippen molar-refractivity contribution in [3.8, 4) is 0 Å². The fourth-order valence-corrected chi connectivity index (χ4v) is 3.74. The molecule has 3 heterocycles. The number of anilines is 1. The second-order valence-electron chi connectivity index (χ2n) is 6.35. The number of rotatable bonds is 4. The molecule has 0 bridgehead atoms. The van der Waals surface area contributed by atoms with Crippen molar-refractivity contribution in [1.82, 2.24) is 9.97 Å². The Bertz CT molecular complexity index is 527. The highest BCUT2D eigenvalue weighted by atomic mass is 35.5. The Morgan fingerprint density at radius 1 is 1.13 bits per heavy atom. The van der Waals surface area contributed by atoms with Crippen LogP contribution >= 0.6 is 11.6 Å². The zero-order valence-corrected chi connectivity index (χ0v) is 14.8. The molecule has 3 rings (SSSR count). The van der Waals surface area contributed by atoms with Crippen molar-refractivity contribution in [1.29, 1.82) is 0 Å². The Balaban J connectivity index is 1.60. The van der Waals surface area contributed by atoms with E-state index in [0.29, 0.717) is 17.4 Å². The molecule has 0 saturated carbocycles. The zero-order valence-electron chi connectivity index (χ0n) is 14.1. The van der Waals surface area contributed by atoms with Crippen LogP contribution in [0.3, 0.4) is 0 Å². The Kier molecular flexibility index (Phi) is 5.72. The molecule has 1 aromatic heterocycles. The van der Waals surface area contributed by atoms with Gasteiger partial charge in [0.15, 0.2) is 0 Å². The van der Waals surface area contributed by atoms with Gasteiger partial charge in [0.25, 0.3) is 0 Å². The highest BCUT2D eigenvalue weighted by Crippen LogP contribution is 2.28. The molecule has 0 spiro atoms. The van der Waals surface area contributed by atoms with Crippen molar-refractivity contribution in [2.45, 2.75) is 58.2 Å². The predicted octanol–water partition coefficient (Wildman–Crippen LogP) is 3.17. The number of ether oxygens (including phenoxy) is 2. The second-order valence-corrected chi connectivity index (χ2v) is 6.71. The highest BCUT2D eigenvalue weighted by molar-refractivity contribution is 6.30. The van der Waals surface area contributed by atoms with E-state index >= 15 is 0 Å². The van der Waals surface area contributed by atoms with Crippen molar-refractivity contribution in [2.24, 2.45) is 0 Å². The molecule has 2 saturated heterocycles. The van der Waals surface area contributed by atoms with Gasteiger partial charge in [-0.2, -0.15) is 0 Å². The Morgan fingerprint density at radius 2 is 1.78 bits per heavy atom. The minimum absolute atomic E-state index is 0.359. The summed E-state index contributed by atoms with van der Waals surface area (Å²) in [5.74, 6) is 1.75. The Morgan fingerprint density at radius 3 is 2.43 bits per heavy atom. The lowest BCUT2D eigenvalue weighted by Gasteiger charge is -2.36. The summed E-state index contributed by atoms with van der Waals surface area (Å²) in [6.45, 7) is 7.60. The van der Waals surface area contributed by atoms with Crippen LogP contribution in [0.15, 0.2) is 0 Å². The van der Waals surface area contributed by atoms with Crippen molar-refractivity contribution in [3.63, 3.8) is 0 Å². The molecule has 6 heteroatoms. The average Bonchev–Trinajstić information content (AvgIpc) is 2.56. The van der Waals surface area contributed by atoms with E-state index in [1.807, 2.05) is 6.92 Å². The van der Waals surface area contributed by atoms with Gasteiger partial charge in [0, 0.05) is 31.9 Å². The van der Waals surface area contributed by atoms with Crippen LogP contribution in [-0.4, -0.2) is 48.5 Å². The van der Waals surface area contributed by atoms with Crippen LogP contribution in [0, 0.1) is 6.92 Å². The van der Waals surface area contributed by atoms with E-state index < -0.39 is 0 Å². The first kappa shape index (κ1) is 16.9. The minimum Gasteiger partial charge on any atom is -0.381 e. The lowest BCUT2D eigenvalue weighted by Crippen LogP contribution is -2.40. The van der Waals surface area contributed by atoms with E-state index in [1.165, 1.54) is 0 Å². The van der Waals surface area contributed by atoms with E-state index in [9.17, 15) is 0 Å². The fourth-order valence-electron chi connectivity index (χ4n) is 3.40. The zero-order chi connectivity index (χ0) is 16.2. The number of aryl methyl sites for hydroxylation is 1. The monoisotopic (exact) mass is 339 g/mol. The number of aromatic nitrogens is 2. The quantitative estimate of drug-likeness (QED) is 0.788. The molecule has 2 aliphatic heterocycles. The molecule has 23 heavy (non-hydrogen) atoms. The van der Waals surface area contributed by atoms with Gasteiger partial charge in [-0.05, 0) is 39.0 Å². The molecule has 128 valence electrons. The molecule has 0 aromatic carbocycles. The smallest absolute Gasteiger partial charge is 0.138 e. The molecule has 0 aliphatic carbocycles. The minimum atomic E-state index is 0.359. The summed E-state index contributed by atoms with van der Waals surface area (Å²) in [5, 5.41) is 0.593. The van der Waals surface area contributed by atoms with Crippen LogP contribution in [0.2, 0.25) is 5.15 Å². The number of piperidine rings is 1. The maximum Gasteiger partial charge on any atom is 0.138 e. The SMILES string of the molecule is CCc1c(Cl)nc(C)nc1N1CCC(OC2CCOCC2)CC1. The van der Waals surface area contributed by atoms with Crippen LogP contribution < -0.4 is 4.90 Å². The third-order valence-corrected chi connectivity index (χ3v) is 5.01. The molecule has 2 fully saturated rings. The van der Waals surface area contributed by atoms with E-state index in [4.69, 9.17) is 21.1 Å². The maximum atomic E-state index is 6.30. The Hall–Kier alpha value is -0.910. The van der Waals surface area contributed by atoms with Gasteiger partial charge in [-0.3, -0.25) is 0 Å². The van der Waals surface area contributed by atoms with Crippen LogP contribution in [-0.2, 0) is 15.9 Å². The summed E-state index contributed by atoms with van der Waals surface area (Å²) in [6, 6.07) is 0. The molecular weight excluding hydrogens is 314 g/mol. The summed E-state index contributed by atoms with van der Waals surface area (Å²) >= 11 is 6.30. The molecule has 0 atom stereocenters. The van der Waals surface area contributed by atoms with Gasteiger partial charge in [0.1, 0.15) is 16.8 Å². The predicted molar refractivity (Wildman–Crippen MR) is 91.3 cm³/mol. The second kappa shape index (κ2) is 7.77. The molecule has 2 aliphatic rings. The van der Waals surface area contributed by atoms with E-state index in [2.05, 4.69) is 21.8 Å². The molecule has 0 N–H and O–H groups in total. The third kappa shape index (κ3) is 4.14. The summed E-state index contributed by atoms with van der Waals surface area (Å²) in [5.41, 5.74) is 1.06. The van der Waals surface area contributed by atoms with Gasteiger partial charge < -0.3 is 14.4 Å². The summed E-state index contributed by atoms with van der Waals surface area (Å²) in [6.07, 6.45) is 5.73. The standard InChI is InChI=1S/C17H26ClN3O2/c1-3-15-16(18)19-12(2)20-17(15)21-8-4-13(5-9-21)23-14-6-10-22-11-7-14/h13-14H,3-11H2,1-2H3. The third-order valence-electron chi connectivity index (χ3n) is 4.69. The Labute approximate surface area is 143 Å². The van der Waals surface area contributed by atoms with Gasteiger partial charge >= 0.3 is 0 Å². The number of nitrogens with zero attached hydrogens (tertiary/aromatic N) is 3. The van der Waals surface area contributed by atoms with Crippen LogP contribution in [0.5, 0.6) is 0 Å². The summed E-state index contributed by atoms with van der Waals surface area (Å²) < 4.78 is 11.7. The van der Waals surface area contributed by atoms with Gasteiger partial charge in [-0.1, -0.05) is 18.5 Å². The van der Waals surface area contributed by atoms with Crippen molar-refractivity contribution >= 4 is 17.4 Å². The number of hydrogen-bond acceptors (Lipinski definition) is 5. The topological polar surface area (TPSA) is 47.5 Å². The van der Waals surface area contributed by atoms with Crippen molar-refractivity contribution in [2.75, 3.05) is 31.2 Å². The first-order valence-corrected chi connectivity index (χ1v) is 9.06. The molecule has 5 nitrogen and oxygen atoms in total. The van der Waals surface area contributed by atoms with Gasteiger partial charge in [0.05, 0.1) is 12.2 Å². The average molecular weight is 340 g/mol. The fraction of sp³-hybridized carbons (Fsp3) is 0.765. The van der Waals surface area contributed by atoms with Crippen molar-refractivity contribution < 1.29 is 9.47 Å². The molecule has 1 aromatic rings. The molecule has 0 radical (unpaired) electrons. The van der Waals surface area contributed by atoms with E-state index in [-0.39, 0.29) is 0 Å². The van der Waals surface area contributed by atoms with E-state index in [1.54, 1.807) is 0 Å². The lowest BCUT2D eigenvalue weighted by atomic mass is 10.1. The van der Waals surface area contributed by atoms with Crippen molar-refractivity contribution in [3.05, 3.63) is 16.5 Å². The molecule has 0 amide bonds. The number of hydrogen-bond donors (Lipinski definition) is 0. The number of halogens is 1. The first-order valence-electron chi connectivity index (χ1n) is 8.68.